The predicted molar refractivity (Wildman–Crippen MR) is 59.6 cm³/mol. The van der Waals surface area contributed by atoms with Crippen LogP contribution in [0, 0.1) is 0 Å². The van der Waals surface area contributed by atoms with Crippen molar-refractivity contribution in [2.75, 3.05) is 0 Å². The molecule has 0 bridgehead atoms. The molecule has 1 aromatic heterocycles. The van der Waals surface area contributed by atoms with Gasteiger partial charge in [0.15, 0.2) is 5.78 Å². The zero-order valence-corrected chi connectivity index (χ0v) is 9.16. The van der Waals surface area contributed by atoms with Crippen molar-refractivity contribution in [3.05, 3.63) is 41.2 Å². The van der Waals surface area contributed by atoms with Crippen LogP contribution in [0.3, 0.4) is 0 Å². The summed E-state index contributed by atoms with van der Waals surface area (Å²) in [4.78, 5) is 16.1. The highest BCUT2D eigenvalue weighted by Gasteiger charge is 2.38. The van der Waals surface area contributed by atoms with Crippen molar-refractivity contribution >= 4 is 5.78 Å². The van der Waals surface area contributed by atoms with Gasteiger partial charge in [-0.15, -0.1) is 0 Å². The predicted octanol–water partition coefficient (Wildman–Crippen LogP) is 2.86. The SMILES string of the molecule is CCC1=C(CC)C(c2ccccn2)C1=O. The summed E-state index contributed by atoms with van der Waals surface area (Å²) in [5.41, 5.74) is 3.20. The van der Waals surface area contributed by atoms with Crippen molar-refractivity contribution in [3.63, 3.8) is 0 Å². The average molecular weight is 201 g/mol. The number of hydrogen-bond donors (Lipinski definition) is 0. The van der Waals surface area contributed by atoms with Crippen LogP contribution in [0.15, 0.2) is 35.5 Å². The first-order chi connectivity index (χ1) is 7.29. The number of allylic oxidation sites excluding steroid dienone is 2. The first-order valence-electron chi connectivity index (χ1n) is 5.46. The Morgan fingerprint density at radius 1 is 1.27 bits per heavy atom. The number of hydrogen-bond acceptors (Lipinski definition) is 2. The van der Waals surface area contributed by atoms with E-state index in [2.05, 4.69) is 11.9 Å². The van der Waals surface area contributed by atoms with Gasteiger partial charge in [0, 0.05) is 6.20 Å². The third-order valence-electron chi connectivity index (χ3n) is 3.01. The molecule has 2 heteroatoms. The Labute approximate surface area is 90.0 Å². The van der Waals surface area contributed by atoms with Gasteiger partial charge in [0.2, 0.25) is 0 Å². The van der Waals surface area contributed by atoms with Crippen LogP contribution in [0.4, 0.5) is 0 Å². The minimum atomic E-state index is -0.0499. The zero-order chi connectivity index (χ0) is 10.8. The fourth-order valence-electron chi connectivity index (χ4n) is 2.27. The minimum absolute atomic E-state index is 0.0499. The van der Waals surface area contributed by atoms with Gasteiger partial charge < -0.3 is 0 Å². The fraction of sp³-hybridized carbons (Fsp3) is 0.385. The number of aromatic nitrogens is 1. The quantitative estimate of drug-likeness (QED) is 0.752. The summed E-state index contributed by atoms with van der Waals surface area (Å²) < 4.78 is 0. The number of ketones is 1. The van der Waals surface area contributed by atoms with Crippen LogP contribution in [0.2, 0.25) is 0 Å². The van der Waals surface area contributed by atoms with Crippen LogP contribution in [0.5, 0.6) is 0 Å². The van der Waals surface area contributed by atoms with E-state index in [9.17, 15) is 4.79 Å². The maximum absolute atomic E-state index is 11.9. The summed E-state index contributed by atoms with van der Waals surface area (Å²) >= 11 is 0. The van der Waals surface area contributed by atoms with Gasteiger partial charge in [-0.25, -0.2) is 0 Å². The van der Waals surface area contributed by atoms with E-state index in [1.54, 1.807) is 6.20 Å². The van der Waals surface area contributed by atoms with Gasteiger partial charge in [-0.3, -0.25) is 9.78 Å². The molecule has 15 heavy (non-hydrogen) atoms. The smallest absolute Gasteiger partial charge is 0.171 e. The number of carbonyl (C=O) groups is 1. The lowest BCUT2D eigenvalue weighted by atomic mass is 9.72. The Morgan fingerprint density at radius 2 is 2.07 bits per heavy atom. The van der Waals surface area contributed by atoms with Gasteiger partial charge in [-0.05, 0) is 36.1 Å². The van der Waals surface area contributed by atoms with E-state index in [-0.39, 0.29) is 11.7 Å². The van der Waals surface area contributed by atoms with E-state index in [1.807, 2.05) is 25.1 Å². The molecule has 0 amide bonds. The highest BCUT2D eigenvalue weighted by Crippen LogP contribution is 2.41. The summed E-state index contributed by atoms with van der Waals surface area (Å²) in [6.45, 7) is 4.14. The second kappa shape index (κ2) is 3.97. The van der Waals surface area contributed by atoms with Crippen LogP contribution in [-0.2, 0) is 4.79 Å². The van der Waals surface area contributed by atoms with Crippen molar-refractivity contribution in [2.45, 2.75) is 32.6 Å². The van der Waals surface area contributed by atoms with Crippen LogP contribution in [-0.4, -0.2) is 10.8 Å². The minimum Gasteiger partial charge on any atom is -0.293 e. The number of carbonyl (C=O) groups excluding carboxylic acids is 1. The highest BCUT2D eigenvalue weighted by atomic mass is 16.1. The number of nitrogens with zero attached hydrogens (tertiary/aromatic N) is 1. The molecule has 1 aliphatic carbocycles. The highest BCUT2D eigenvalue weighted by molar-refractivity contribution is 6.10. The maximum atomic E-state index is 11.9. The molecule has 0 spiro atoms. The van der Waals surface area contributed by atoms with Crippen molar-refractivity contribution in [1.82, 2.24) is 4.98 Å². The Morgan fingerprint density at radius 3 is 2.60 bits per heavy atom. The molecule has 0 saturated heterocycles. The molecule has 0 N–H and O–H groups in total. The van der Waals surface area contributed by atoms with Gasteiger partial charge in [0.25, 0.3) is 0 Å². The lowest BCUT2D eigenvalue weighted by Gasteiger charge is -2.30. The van der Waals surface area contributed by atoms with Crippen LogP contribution < -0.4 is 0 Å². The van der Waals surface area contributed by atoms with Crippen molar-refractivity contribution in [1.29, 1.82) is 0 Å². The average Bonchev–Trinajstić information content (AvgIpc) is 2.27. The third-order valence-corrected chi connectivity index (χ3v) is 3.01. The monoisotopic (exact) mass is 201 g/mol. The topological polar surface area (TPSA) is 30.0 Å². The largest absolute Gasteiger partial charge is 0.293 e. The molecule has 0 saturated carbocycles. The number of pyridine rings is 1. The van der Waals surface area contributed by atoms with Crippen molar-refractivity contribution < 1.29 is 4.79 Å². The summed E-state index contributed by atoms with van der Waals surface area (Å²) in [7, 11) is 0. The zero-order valence-electron chi connectivity index (χ0n) is 9.16. The van der Waals surface area contributed by atoms with Crippen molar-refractivity contribution in [2.24, 2.45) is 0 Å². The van der Waals surface area contributed by atoms with Crippen LogP contribution in [0.25, 0.3) is 0 Å². The molecular formula is C13H15NO. The summed E-state index contributed by atoms with van der Waals surface area (Å²) in [6, 6.07) is 5.75. The molecule has 0 fully saturated rings. The fourth-order valence-corrected chi connectivity index (χ4v) is 2.27. The molecule has 2 nitrogen and oxygen atoms in total. The Balaban J connectivity index is 2.35. The third kappa shape index (κ3) is 1.50. The van der Waals surface area contributed by atoms with E-state index in [4.69, 9.17) is 0 Å². The molecule has 0 aliphatic heterocycles. The molecular weight excluding hydrogens is 186 g/mol. The van der Waals surface area contributed by atoms with E-state index in [0.717, 1.165) is 24.1 Å². The Kier molecular flexibility index (Phi) is 2.67. The van der Waals surface area contributed by atoms with Crippen molar-refractivity contribution in [3.8, 4) is 0 Å². The van der Waals surface area contributed by atoms with Gasteiger partial charge in [-0.2, -0.15) is 0 Å². The lowest BCUT2D eigenvalue weighted by molar-refractivity contribution is -0.118. The number of rotatable bonds is 3. The summed E-state index contributed by atoms with van der Waals surface area (Å²) in [5.74, 6) is 0.221. The Bertz CT molecular complexity index is 406. The van der Waals surface area contributed by atoms with E-state index in [1.165, 1.54) is 5.57 Å². The molecule has 1 aliphatic rings. The van der Waals surface area contributed by atoms with Gasteiger partial charge in [-0.1, -0.05) is 19.9 Å². The molecule has 1 heterocycles. The second-order valence-corrected chi connectivity index (χ2v) is 3.76. The van der Waals surface area contributed by atoms with E-state index < -0.39 is 0 Å². The second-order valence-electron chi connectivity index (χ2n) is 3.76. The van der Waals surface area contributed by atoms with Crippen LogP contribution in [0.1, 0.15) is 38.3 Å². The molecule has 0 aromatic carbocycles. The van der Waals surface area contributed by atoms with Gasteiger partial charge in [0.05, 0.1) is 11.6 Å². The summed E-state index contributed by atoms with van der Waals surface area (Å²) in [6.07, 6.45) is 3.56. The number of Topliss-reactive ketones (excluding diaryl/α,β-unsaturated/α-hetero) is 1. The van der Waals surface area contributed by atoms with E-state index in [0.29, 0.717) is 0 Å². The van der Waals surface area contributed by atoms with Crippen LogP contribution >= 0.6 is 0 Å². The first kappa shape index (κ1) is 10.1. The van der Waals surface area contributed by atoms with Gasteiger partial charge >= 0.3 is 0 Å². The molecule has 1 unspecified atom stereocenters. The maximum Gasteiger partial charge on any atom is 0.171 e. The molecule has 78 valence electrons. The molecule has 1 atom stereocenters. The Hall–Kier alpha value is -1.44. The molecule has 1 aromatic rings. The molecule has 2 rings (SSSR count). The van der Waals surface area contributed by atoms with Gasteiger partial charge in [0.1, 0.15) is 0 Å². The summed E-state index contributed by atoms with van der Waals surface area (Å²) in [5, 5.41) is 0. The molecule has 0 radical (unpaired) electrons. The normalized spacial score (nSPS) is 20.4. The van der Waals surface area contributed by atoms with E-state index >= 15 is 0 Å². The standard InChI is InChI=1S/C13H15NO/c1-3-9-10(4-2)13(15)12(9)11-7-5-6-8-14-11/h5-8,12H,3-4H2,1-2H3. The lowest BCUT2D eigenvalue weighted by Crippen LogP contribution is -2.29. The first-order valence-corrected chi connectivity index (χ1v) is 5.46.